The van der Waals surface area contributed by atoms with Crippen molar-refractivity contribution in [2.24, 2.45) is 0 Å². The first kappa shape index (κ1) is 15.4. The lowest BCUT2D eigenvalue weighted by Crippen LogP contribution is -2.38. The third kappa shape index (κ3) is 4.53. The fourth-order valence-corrected chi connectivity index (χ4v) is 3.01. The molecule has 0 unspecified atom stereocenters. The Bertz CT molecular complexity index is 597. The molecule has 2 aromatic heterocycles. The standard InChI is InChI=1S/C15H20N4OS/c1-10(13-4-7-16-8-5-13)19-15(20)17-9-6-14-11(2)18-12(3)21-14/h4-5,7-8,10H,6,9H2,1-3H3,(H2,17,19,20)/t10-/m1/s1. The monoisotopic (exact) mass is 304 g/mol. The van der Waals surface area contributed by atoms with Crippen LogP contribution in [0.1, 0.15) is 34.1 Å². The molecule has 0 aromatic carbocycles. The molecule has 2 amide bonds. The summed E-state index contributed by atoms with van der Waals surface area (Å²) in [5.41, 5.74) is 2.10. The Morgan fingerprint density at radius 1 is 1.33 bits per heavy atom. The Kier molecular flexibility index (Phi) is 5.27. The van der Waals surface area contributed by atoms with Gasteiger partial charge >= 0.3 is 6.03 Å². The number of pyridine rings is 1. The van der Waals surface area contributed by atoms with Gasteiger partial charge in [0.2, 0.25) is 0 Å². The van der Waals surface area contributed by atoms with E-state index in [4.69, 9.17) is 0 Å². The van der Waals surface area contributed by atoms with E-state index in [0.717, 1.165) is 22.7 Å². The molecule has 0 aliphatic heterocycles. The van der Waals surface area contributed by atoms with Crippen molar-refractivity contribution in [2.45, 2.75) is 33.2 Å². The average molecular weight is 304 g/mol. The second-order valence-corrected chi connectivity index (χ2v) is 6.18. The zero-order valence-electron chi connectivity index (χ0n) is 12.5. The fourth-order valence-electron chi connectivity index (χ4n) is 2.08. The number of hydrogen-bond donors (Lipinski definition) is 2. The number of urea groups is 1. The van der Waals surface area contributed by atoms with Gasteiger partial charge in [0.05, 0.1) is 16.7 Å². The van der Waals surface area contributed by atoms with Gasteiger partial charge < -0.3 is 10.6 Å². The normalized spacial score (nSPS) is 12.0. The second kappa shape index (κ2) is 7.17. The van der Waals surface area contributed by atoms with E-state index in [1.165, 1.54) is 4.88 Å². The molecule has 0 saturated heterocycles. The van der Waals surface area contributed by atoms with Crippen LogP contribution >= 0.6 is 11.3 Å². The van der Waals surface area contributed by atoms with Crippen molar-refractivity contribution in [1.82, 2.24) is 20.6 Å². The van der Waals surface area contributed by atoms with E-state index in [1.54, 1.807) is 23.7 Å². The summed E-state index contributed by atoms with van der Waals surface area (Å²) in [6, 6.07) is 3.60. The van der Waals surface area contributed by atoms with Gasteiger partial charge in [0.25, 0.3) is 0 Å². The minimum absolute atomic E-state index is 0.0413. The van der Waals surface area contributed by atoms with Crippen LogP contribution in [0, 0.1) is 13.8 Å². The number of thiazole rings is 1. The van der Waals surface area contributed by atoms with E-state index < -0.39 is 0 Å². The molecule has 5 nitrogen and oxygen atoms in total. The third-order valence-corrected chi connectivity index (χ3v) is 4.32. The first-order chi connectivity index (χ1) is 10.1. The predicted octanol–water partition coefficient (Wildman–Crippen LogP) is 2.76. The first-order valence-electron chi connectivity index (χ1n) is 6.93. The number of aryl methyl sites for hydroxylation is 2. The molecule has 112 valence electrons. The van der Waals surface area contributed by atoms with Crippen LogP contribution < -0.4 is 10.6 Å². The molecule has 0 bridgehead atoms. The number of amides is 2. The van der Waals surface area contributed by atoms with Gasteiger partial charge in [-0.1, -0.05) is 0 Å². The molecule has 1 atom stereocenters. The van der Waals surface area contributed by atoms with E-state index in [9.17, 15) is 4.79 Å². The van der Waals surface area contributed by atoms with Crippen molar-refractivity contribution in [2.75, 3.05) is 6.54 Å². The van der Waals surface area contributed by atoms with E-state index in [-0.39, 0.29) is 12.1 Å². The molecule has 2 N–H and O–H groups in total. The summed E-state index contributed by atoms with van der Waals surface area (Å²) in [6.45, 7) is 6.56. The van der Waals surface area contributed by atoms with Crippen molar-refractivity contribution >= 4 is 17.4 Å². The highest BCUT2D eigenvalue weighted by Gasteiger charge is 2.09. The molecule has 0 radical (unpaired) electrons. The molecule has 6 heteroatoms. The van der Waals surface area contributed by atoms with Gasteiger partial charge in [-0.3, -0.25) is 4.98 Å². The van der Waals surface area contributed by atoms with Gasteiger partial charge in [0, 0.05) is 30.2 Å². The molecule has 2 aromatic rings. The first-order valence-corrected chi connectivity index (χ1v) is 7.75. The smallest absolute Gasteiger partial charge is 0.315 e. The van der Waals surface area contributed by atoms with Gasteiger partial charge in [-0.25, -0.2) is 9.78 Å². The maximum atomic E-state index is 11.9. The molecule has 2 rings (SSSR count). The number of nitrogens with one attached hydrogen (secondary N) is 2. The van der Waals surface area contributed by atoms with E-state index in [1.807, 2.05) is 32.9 Å². The summed E-state index contributed by atoms with van der Waals surface area (Å²) in [4.78, 5) is 21.4. The average Bonchev–Trinajstić information content (AvgIpc) is 2.78. The van der Waals surface area contributed by atoms with Crippen LogP contribution in [0.25, 0.3) is 0 Å². The number of rotatable bonds is 5. The zero-order chi connectivity index (χ0) is 15.2. The van der Waals surface area contributed by atoms with Crippen LogP contribution in [0.15, 0.2) is 24.5 Å². The summed E-state index contributed by atoms with van der Waals surface area (Å²) < 4.78 is 0. The van der Waals surface area contributed by atoms with E-state index in [0.29, 0.717) is 6.54 Å². The summed E-state index contributed by atoms with van der Waals surface area (Å²) in [7, 11) is 0. The van der Waals surface area contributed by atoms with Gasteiger partial charge in [-0.05, 0) is 38.5 Å². The SMILES string of the molecule is Cc1nc(C)c(CCNC(=O)N[C@H](C)c2ccncc2)s1. The minimum Gasteiger partial charge on any atom is -0.338 e. The summed E-state index contributed by atoms with van der Waals surface area (Å²) in [6.07, 6.45) is 4.26. The topological polar surface area (TPSA) is 66.9 Å². The number of carbonyl (C=O) groups is 1. The Balaban J connectivity index is 1.76. The van der Waals surface area contributed by atoms with Crippen molar-refractivity contribution in [3.05, 3.63) is 45.7 Å². The molecule has 2 heterocycles. The van der Waals surface area contributed by atoms with Gasteiger partial charge in [-0.15, -0.1) is 11.3 Å². The Hall–Kier alpha value is -1.95. The zero-order valence-corrected chi connectivity index (χ0v) is 13.3. The van der Waals surface area contributed by atoms with Crippen LogP contribution in [-0.4, -0.2) is 22.5 Å². The van der Waals surface area contributed by atoms with Gasteiger partial charge in [0.15, 0.2) is 0 Å². The summed E-state index contributed by atoms with van der Waals surface area (Å²) in [5.74, 6) is 0. The van der Waals surface area contributed by atoms with Crippen molar-refractivity contribution in [3.63, 3.8) is 0 Å². The van der Waals surface area contributed by atoms with Crippen molar-refractivity contribution in [1.29, 1.82) is 0 Å². The molecule has 0 saturated carbocycles. The Morgan fingerprint density at radius 3 is 2.67 bits per heavy atom. The fraction of sp³-hybridized carbons (Fsp3) is 0.400. The van der Waals surface area contributed by atoms with Crippen LogP contribution in [0.5, 0.6) is 0 Å². The van der Waals surface area contributed by atoms with E-state index >= 15 is 0 Å². The van der Waals surface area contributed by atoms with Gasteiger partial charge in [-0.2, -0.15) is 0 Å². The number of nitrogens with zero attached hydrogens (tertiary/aromatic N) is 2. The van der Waals surface area contributed by atoms with Crippen LogP contribution in [0.3, 0.4) is 0 Å². The quantitative estimate of drug-likeness (QED) is 0.892. The molecule has 0 aliphatic rings. The molecule has 0 aliphatic carbocycles. The van der Waals surface area contributed by atoms with Gasteiger partial charge in [0.1, 0.15) is 0 Å². The van der Waals surface area contributed by atoms with Crippen molar-refractivity contribution in [3.8, 4) is 0 Å². The largest absolute Gasteiger partial charge is 0.338 e. The predicted molar refractivity (Wildman–Crippen MR) is 84.5 cm³/mol. The number of aromatic nitrogens is 2. The minimum atomic E-state index is -0.154. The molecular weight excluding hydrogens is 284 g/mol. The van der Waals surface area contributed by atoms with E-state index in [2.05, 4.69) is 20.6 Å². The maximum absolute atomic E-state index is 11.9. The van der Waals surface area contributed by atoms with Crippen molar-refractivity contribution < 1.29 is 4.79 Å². The molecule has 21 heavy (non-hydrogen) atoms. The molecule has 0 spiro atoms. The number of hydrogen-bond acceptors (Lipinski definition) is 4. The Labute approximate surface area is 128 Å². The Morgan fingerprint density at radius 2 is 2.05 bits per heavy atom. The van der Waals surface area contributed by atoms with Crippen LogP contribution in [0.2, 0.25) is 0 Å². The third-order valence-electron chi connectivity index (χ3n) is 3.19. The highest BCUT2D eigenvalue weighted by atomic mass is 32.1. The van der Waals surface area contributed by atoms with Crippen LogP contribution in [-0.2, 0) is 6.42 Å². The van der Waals surface area contributed by atoms with Crippen LogP contribution in [0.4, 0.5) is 4.79 Å². The second-order valence-electron chi connectivity index (χ2n) is 4.89. The highest BCUT2D eigenvalue weighted by molar-refractivity contribution is 7.11. The lowest BCUT2D eigenvalue weighted by molar-refractivity contribution is 0.238. The molecular formula is C15H20N4OS. The number of carbonyl (C=O) groups excluding carboxylic acids is 1. The summed E-state index contributed by atoms with van der Waals surface area (Å²) in [5, 5.41) is 6.86. The highest BCUT2D eigenvalue weighted by Crippen LogP contribution is 2.17. The maximum Gasteiger partial charge on any atom is 0.315 e. The molecule has 0 fully saturated rings. The lowest BCUT2D eigenvalue weighted by atomic mass is 10.1. The summed E-state index contributed by atoms with van der Waals surface area (Å²) >= 11 is 1.69. The lowest BCUT2D eigenvalue weighted by Gasteiger charge is -2.14.